The van der Waals surface area contributed by atoms with Crippen LogP contribution in [0.3, 0.4) is 0 Å². The minimum atomic E-state index is -3.16. The van der Waals surface area contributed by atoms with Crippen LogP contribution in [0.25, 0.3) is 0 Å². The Hall–Kier alpha value is -0.130. The summed E-state index contributed by atoms with van der Waals surface area (Å²) in [6.45, 7) is 4.72. The Labute approximate surface area is 86.0 Å². The summed E-state index contributed by atoms with van der Waals surface area (Å²) in [5.74, 6) is 0.0382. The molecule has 1 rings (SSSR count). The Kier molecular flexibility index (Phi) is 3.55. The van der Waals surface area contributed by atoms with Gasteiger partial charge in [0.2, 0.25) is 10.0 Å². The van der Waals surface area contributed by atoms with Gasteiger partial charge in [0, 0.05) is 25.1 Å². The lowest BCUT2D eigenvalue weighted by Crippen LogP contribution is -2.37. The van der Waals surface area contributed by atoms with Crippen molar-refractivity contribution < 1.29 is 13.5 Å². The second-order valence-electron chi connectivity index (χ2n) is 4.68. The van der Waals surface area contributed by atoms with E-state index < -0.39 is 15.4 Å². The molecule has 4 nitrogen and oxygen atoms in total. The molecular formula is C9H19NO3S. The van der Waals surface area contributed by atoms with Gasteiger partial charge in [-0.3, -0.25) is 0 Å². The number of hydrogen-bond acceptors (Lipinski definition) is 3. The first-order chi connectivity index (χ1) is 6.37. The van der Waals surface area contributed by atoms with Gasteiger partial charge < -0.3 is 5.11 Å². The Morgan fingerprint density at radius 1 is 1.29 bits per heavy atom. The summed E-state index contributed by atoms with van der Waals surface area (Å²) in [6, 6.07) is 0. The highest BCUT2D eigenvalue weighted by Crippen LogP contribution is 2.21. The van der Waals surface area contributed by atoms with E-state index >= 15 is 0 Å². The summed E-state index contributed by atoms with van der Waals surface area (Å²) in [7, 11) is -3.16. The minimum Gasteiger partial charge on any atom is -0.396 e. The van der Waals surface area contributed by atoms with Crippen molar-refractivity contribution in [3.05, 3.63) is 0 Å². The number of nitrogens with zero attached hydrogens (tertiary/aromatic N) is 1. The van der Waals surface area contributed by atoms with Gasteiger partial charge in [0.1, 0.15) is 0 Å². The molecule has 0 aromatic rings. The van der Waals surface area contributed by atoms with Crippen molar-refractivity contribution in [2.75, 3.05) is 25.4 Å². The zero-order valence-electron chi connectivity index (χ0n) is 8.86. The third-order valence-corrected chi connectivity index (χ3v) is 4.76. The zero-order chi connectivity index (χ0) is 10.8. The molecule has 0 spiro atoms. The van der Waals surface area contributed by atoms with Gasteiger partial charge in [-0.15, -0.1) is 0 Å². The molecule has 14 heavy (non-hydrogen) atoms. The Balaban J connectivity index is 2.66. The molecule has 0 saturated carbocycles. The summed E-state index contributed by atoms with van der Waals surface area (Å²) in [4.78, 5) is 0. The highest BCUT2D eigenvalue weighted by molar-refractivity contribution is 7.89. The summed E-state index contributed by atoms with van der Waals surface area (Å²) < 4.78 is 25.2. The van der Waals surface area contributed by atoms with E-state index in [0.717, 1.165) is 12.8 Å². The molecule has 0 radical (unpaired) electrons. The van der Waals surface area contributed by atoms with Gasteiger partial charge in [0.25, 0.3) is 0 Å². The van der Waals surface area contributed by atoms with Crippen LogP contribution in [-0.2, 0) is 10.0 Å². The van der Waals surface area contributed by atoms with Crippen LogP contribution < -0.4 is 0 Å². The Bertz CT molecular complexity index is 278. The van der Waals surface area contributed by atoms with E-state index in [-0.39, 0.29) is 12.4 Å². The van der Waals surface area contributed by atoms with E-state index in [1.165, 1.54) is 4.31 Å². The summed E-state index contributed by atoms with van der Waals surface area (Å²) in [5.41, 5.74) is -0.540. The standard InChI is InChI=1S/C9H19NO3S/c1-9(2,7-11)8-14(12,13)10-5-3-4-6-10/h11H,3-8H2,1-2H3. The molecule has 0 aromatic carbocycles. The van der Waals surface area contributed by atoms with Gasteiger partial charge in [0.15, 0.2) is 0 Å². The molecule has 5 heteroatoms. The fraction of sp³-hybridized carbons (Fsp3) is 1.00. The molecule has 0 aromatic heterocycles. The van der Waals surface area contributed by atoms with Crippen molar-refractivity contribution in [3.63, 3.8) is 0 Å². The van der Waals surface area contributed by atoms with E-state index in [1.807, 2.05) is 0 Å². The average molecular weight is 221 g/mol. The molecule has 0 atom stereocenters. The maximum Gasteiger partial charge on any atom is 0.214 e. The number of aliphatic hydroxyl groups excluding tert-OH is 1. The van der Waals surface area contributed by atoms with E-state index in [9.17, 15) is 8.42 Å². The van der Waals surface area contributed by atoms with Crippen molar-refractivity contribution >= 4 is 10.0 Å². The third kappa shape index (κ3) is 2.93. The van der Waals surface area contributed by atoms with Crippen LogP contribution in [0.4, 0.5) is 0 Å². The number of hydrogen-bond donors (Lipinski definition) is 1. The Morgan fingerprint density at radius 3 is 2.21 bits per heavy atom. The Morgan fingerprint density at radius 2 is 1.79 bits per heavy atom. The smallest absolute Gasteiger partial charge is 0.214 e. The molecule has 1 N–H and O–H groups in total. The highest BCUT2D eigenvalue weighted by atomic mass is 32.2. The topological polar surface area (TPSA) is 57.6 Å². The molecule has 1 aliphatic heterocycles. The van der Waals surface area contributed by atoms with Crippen LogP contribution in [0.1, 0.15) is 26.7 Å². The first-order valence-corrected chi connectivity index (χ1v) is 6.57. The van der Waals surface area contributed by atoms with E-state index in [1.54, 1.807) is 13.8 Å². The normalized spacial score (nSPS) is 20.2. The van der Waals surface area contributed by atoms with Crippen LogP contribution in [0, 0.1) is 5.41 Å². The van der Waals surface area contributed by atoms with Gasteiger partial charge in [0.05, 0.1) is 5.75 Å². The van der Waals surface area contributed by atoms with Crippen LogP contribution in [0.15, 0.2) is 0 Å². The maximum absolute atomic E-state index is 11.8. The van der Waals surface area contributed by atoms with Crippen molar-refractivity contribution in [3.8, 4) is 0 Å². The molecule has 1 fully saturated rings. The maximum atomic E-state index is 11.8. The number of rotatable bonds is 4. The highest BCUT2D eigenvalue weighted by Gasteiger charge is 2.31. The number of sulfonamides is 1. The first-order valence-electron chi connectivity index (χ1n) is 4.96. The van der Waals surface area contributed by atoms with Crippen molar-refractivity contribution in [1.29, 1.82) is 0 Å². The van der Waals surface area contributed by atoms with Crippen molar-refractivity contribution in [2.24, 2.45) is 5.41 Å². The molecule has 0 bridgehead atoms. The molecule has 84 valence electrons. The second-order valence-corrected chi connectivity index (χ2v) is 6.65. The lowest BCUT2D eigenvalue weighted by Gasteiger charge is -2.24. The van der Waals surface area contributed by atoms with Crippen LogP contribution in [0.5, 0.6) is 0 Å². The van der Waals surface area contributed by atoms with Gasteiger partial charge >= 0.3 is 0 Å². The molecule has 0 aliphatic carbocycles. The molecule has 0 amide bonds. The fourth-order valence-electron chi connectivity index (χ4n) is 1.60. The molecule has 1 saturated heterocycles. The van der Waals surface area contributed by atoms with Gasteiger partial charge in [-0.25, -0.2) is 12.7 Å². The van der Waals surface area contributed by atoms with E-state index in [4.69, 9.17) is 5.11 Å². The largest absolute Gasteiger partial charge is 0.396 e. The van der Waals surface area contributed by atoms with Crippen molar-refractivity contribution in [1.82, 2.24) is 4.31 Å². The zero-order valence-corrected chi connectivity index (χ0v) is 9.68. The van der Waals surface area contributed by atoms with Crippen LogP contribution in [-0.4, -0.2) is 43.3 Å². The lowest BCUT2D eigenvalue weighted by atomic mass is 9.98. The summed E-state index contributed by atoms with van der Waals surface area (Å²) >= 11 is 0. The fourth-order valence-corrected chi connectivity index (χ4v) is 3.67. The quantitative estimate of drug-likeness (QED) is 0.749. The van der Waals surface area contributed by atoms with Gasteiger partial charge in [-0.05, 0) is 12.8 Å². The van der Waals surface area contributed by atoms with Gasteiger partial charge in [-0.1, -0.05) is 13.8 Å². The molecule has 1 aliphatic rings. The summed E-state index contributed by atoms with van der Waals surface area (Å²) in [6.07, 6.45) is 1.91. The van der Waals surface area contributed by atoms with Gasteiger partial charge in [-0.2, -0.15) is 0 Å². The monoisotopic (exact) mass is 221 g/mol. The first kappa shape index (κ1) is 11.9. The van der Waals surface area contributed by atoms with Crippen LogP contribution >= 0.6 is 0 Å². The van der Waals surface area contributed by atoms with E-state index in [2.05, 4.69) is 0 Å². The minimum absolute atomic E-state index is 0.0382. The third-order valence-electron chi connectivity index (χ3n) is 2.46. The number of aliphatic hydroxyl groups is 1. The second kappa shape index (κ2) is 4.16. The summed E-state index contributed by atoms with van der Waals surface area (Å²) in [5, 5.41) is 9.02. The molecule has 0 unspecified atom stereocenters. The molecular weight excluding hydrogens is 202 g/mol. The van der Waals surface area contributed by atoms with Crippen molar-refractivity contribution in [2.45, 2.75) is 26.7 Å². The van der Waals surface area contributed by atoms with Crippen LogP contribution in [0.2, 0.25) is 0 Å². The molecule has 1 heterocycles. The predicted octanol–water partition coefficient (Wildman–Crippen LogP) is 0.430. The van der Waals surface area contributed by atoms with E-state index in [0.29, 0.717) is 13.1 Å². The lowest BCUT2D eigenvalue weighted by molar-refractivity contribution is 0.177. The average Bonchev–Trinajstić information content (AvgIpc) is 2.54. The predicted molar refractivity (Wildman–Crippen MR) is 55.5 cm³/mol. The SMILES string of the molecule is CC(C)(CO)CS(=O)(=O)N1CCCC1.